The van der Waals surface area contributed by atoms with E-state index in [4.69, 9.17) is 9.72 Å². The van der Waals surface area contributed by atoms with Crippen molar-refractivity contribution in [3.63, 3.8) is 0 Å². The predicted octanol–water partition coefficient (Wildman–Crippen LogP) is 5.27. The molecule has 0 spiro atoms. The van der Waals surface area contributed by atoms with Crippen LogP contribution in [0.5, 0.6) is 11.6 Å². The van der Waals surface area contributed by atoms with Crippen molar-refractivity contribution in [3.05, 3.63) is 48.0 Å². The molecular formula is C32H34F3N5O2. The van der Waals surface area contributed by atoms with E-state index in [0.29, 0.717) is 54.2 Å². The lowest BCUT2D eigenvalue weighted by Gasteiger charge is -2.34. The number of aromatic hydroxyl groups is 1. The molecular weight excluding hydrogens is 543 g/mol. The largest absolute Gasteiger partial charge is 0.508 e. The summed E-state index contributed by atoms with van der Waals surface area (Å²) in [6.45, 7) is 3.34. The van der Waals surface area contributed by atoms with E-state index < -0.39 is 17.8 Å². The minimum Gasteiger partial charge on any atom is -0.508 e. The Balaban J connectivity index is 1.26. The summed E-state index contributed by atoms with van der Waals surface area (Å²) in [7, 11) is 1.88. The third-order valence-electron chi connectivity index (χ3n) is 10.0. The van der Waals surface area contributed by atoms with Crippen LogP contribution in [0.1, 0.15) is 32.1 Å². The number of phenolic OH excluding ortho intramolecular Hbond substituents is 1. The summed E-state index contributed by atoms with van der Waals surface area (Å²) in [4.78, 5) is 9.56. The molecule has 42 heavy (non-hydrogen) atoms. The van der Waals surface area contributed by atoms with Crippen LogP contribution in [0.25, 0.3) is 32.9 Å². The van der Waals surface area contributed by atoms with Crippen LogP contribution in [0.2, 0.25) is 0 Å². The normalized spacial score (nSPS) is 27.4. The van der Waals surface area contributed by atoms with Gasteiger partial charge in [0.25, 0.3) is 0 Å². The van der Waals surface area contributed by atoms with Gasteiger partial charge >= 0.3 is 0 Å². The number of halogens is 3. The lowest BCUT2D eigenvalue weighted by atomic mass is 9.95. The van der Waals surface area contributed by atoms with Gasteiger partial charge in [0, 0.05) is 73.3 Å². The number of rotatable bonds is 5. The molecule has 4 aromatic rings. The number of nitrogens with zero attached hydrogens (tertiary/aromatic N) is 4. The maximum absolute atomic E-state index is 15.2. The number of benzene rings is 2. The number of phenols is 1. The molecule has 4 saturated heterocycles. The Morgan fingerprint density at radius 1 is 1.10 bits per heavy atom. The highest BCUT2D eigenvalue weighted by atomic mass is 19.2. The smallest absolute Gasteiger partial charge is 0.217 e. The topological polar surface area (TPSA) is 65.8 Å². The quantitative estimate of drug-likeness (QED) is 0.337. The Labute approximate surface area is 241 Å². The van der Waals surface area contributed by atoms with Crippen LogP contribution < -0.4 is 15.0 Å². The number of nitrogens with one attached hydrogen (secondary N) is 1. The van der Waals surface area contributed by atoms with E-state index in [1.807, 2.05) is 23.7 Å². The summed E-state index contributed by atoms with van der Waals surface area (Å²) in [5.74, 6) is -0.660. The molecule has 10 heteroatoms. The van der Waals surface area contributed by atoms with E-state index in [0.717, 1.165) is 68.1 Å². The van der Waals surface area contributed by atoms with Crippen LogP contribution >= 0.6 is 0 Å². The van der Waals surface area contributed by atoms with Crippen molar-refractivity contribution < 1.29 is 23.0 Å². The zero-order valence-electron chi connectivity index (χ0n) is 23.5. The van der Waals surface area contributed by atoms with Gasteiger partial charge in [-0.1, -0.05) is 6.07 Å². The second-order valence-electron chi connectivity index (χ2n) is 12.7. The van der Waals surface area contributed by atoms with E-state index in [2.05, 4.69) is 15.1 Å². The summed E-state index contributed by atoms with van der Waals surface area (Å²) < 4.78 is 52.4. The first-order valence-electron chi connectivity index (χ1n) is 14.9. The maximum atomic E-state index is 15.2. The van der Waals surface area contributed by atoms with Crippen LogP contribution in [0.4, 0.5) is 19.0 Å². The Hall–Kier alpha value is -3.50. The highest BCUT2D eigenvalue weighted by Crippen LogP contribution is 2.43. The van der Waals surface area contributed by atoms with Crippen LogP contribution in [0.3, 0.4) is 0 Å². The predicted molar refractivity (Wildman–Crippen MR) is 156 cm³/mol. The monoisotopic (exact) mass is 577 g/mol. The number of aromatic nitrogens is 2. The molecule has 4 fully saturated rings. The van der Waals surface area contributed by atoms with E-state index in [9.17, 15) is 13.9 Å². The van der Waals surface area contributed by atoms with Crippen molar-refractivity contribution in [2.24, 2.45) is 7.05 Å². The fraction of sp³-hybridized carbons (Fsp3) is 0.469. The minimum absolute atomic E-state index is 0.0297. The van der Waals surface area contributed by atoms with Gasteiger partial charge in [0.2, 0.25) is 5.88 Å². The highest BCUT2D eigenvalue weighted by Gasteiger charge is 2.49. The van der Waals surface area contributed by atoms with E-state index in [-0.39, 0.29) is 16.7 Å². The molecule has 4 atom stereocenters. The number of alkyl halides is 1. The standard InChI is InChI=1S/C32H34F3N5O2/c1-38-26(23-10-22(41)9-18-3-6-25(34)30(35)29(18)23)11-24-27(38)12-28(37-31(24)39-15-20-4-5-21(16-39)36-20)42-17-32-7-2-8-40(32)14-19(33)13-32/h3,6,9-12,19-21,36,41H,2,4-5,7-8,13-17H2,1H3/t19-,20?,21?,32+/m1/s1. The van der Waals surface area contributed by atoms with Crippen molar-refractivity contribution in [3.8, 4) is 22.9 Å². The Morgan fingerprint density at radius 3 is 2.71 bits per heavy atom. The fourth-order valence-corrected chi connectivity index (χ4v) is 8.07. The Morgan fingerprint density at radius 2 is 1.90 bits per heavy atom. The van der Waals surface area contributed by atoms with Crippen LogP contribution in [-0.4, -0.2) is 76.1 Å². The Bertz CT molecular complexity index is 1710. The average Bonchev–Trinajstić information content (AvgIpc) is 3.69. The van der Waals surface area contributed by atoms with Gasteiger partial charge in [-0.3, -0.25) is 4.90 Å². The molecule has 0 saturated carbocycles. The lowest BCUT2D eigenvalue weighted by Crippen LogP contribution is -2.51. The first-order chi connectivity index (χ1) is 20.3. The van der Waals surface area contributed by atoms with Gasteiger partial charge in [-0.2, -0.15) is 4.98 Å². The first-order valence-corrected chi connectivity index (χ1v) is 14.9. The van der Waals surface area contributed by atoms with Gasteiger partial charge in [-0.15, -0.1) is 0 Å². The maximum Gasteiger partial charge on any atom is 0.217 e. The van der Waals surface area contributed by atoms with Crippen LogP contribution in [-0.2, 0) is 7.05 Å². The number of hydrogen-bond donors (Lipinski definition) is 2. The molecule has 0 aliphatic carbocycles. The number of aryl methyl sites for hydroxylation is 1. The third-order valence-corrected chi connectivity index (χ3v) is 10.0. The zero-order valence-corrected chi connectivity index (χ0v) is 23.5. The van der Waals surface area contributed by atoms with Gasteiger partial charge in [0.1, 0.15) is 24.3 Å². The van der Waals surface area contributed by atoms with Crippen molar-refractivity contribution in [1.82, 2.24) is 19.8 Å². The highest BCUT2D eigenvalue weighted by molar-refractivity contribution is 6.02. The van der Waals surface area contributed by atoms with Gasteiger partial charge < -0.3 is 24.6 Å². The van der Waals surface area contributed by atoms with Gasteiger partial charge in [0.05, 0.1) is 11.1 Å². The molecule has 6 heterocycles. The molecule has 2 bridgehead atoms. The van der Waals surface area contributed by atoms with E-state index in [1.54, 1.807) is 0 Å². The van der Waals surface area contributed by atoms with E-state index in [1.165, 1.54) is 18.2 Å². The van der Waals surface area contributed by atoms with Gasteiger partial charge in [-0.25, -0.2) is 13.2 Å². The number of pyridine rings is 1. The van der Waals surface area contributed by atoms with Crippen molar-refractivity contribution >= 4 is 27.5 Å². The molecule has 8 rings (SSSR count). The molecule has 0 amide bonds. The average molecular weight is 578 g/mol. The lowest BCUT2D eigenvalue weighted by molar-refractivity contribution is 0.111. The molecule has 220 valence electrons. The van der Waals surface area contributed by atoms with E-state index >= 15 is 4.39 Å². The summed E-state index contributed by atoms with van der Waals surface area (Å²) in [5, 5.41) is 15.6. The molecule has 2 aromatic carbocycles. The number of piperazine rings is 1. The molecule has 2 aromatic heterocycles. The van der Waals surface area contributed by atoms with Crippen molar-refractivity contribution in [2.45, 2.75) is 55.9 Å². The second-order valence-corrected chi connectivity index (χ2v) is 12.7. The first kappa shape index (κ1) is 26.2. The molecule has 0 radical (unpaired) electrons. The molecule has 7 nitrogen and oxygen atoms in total. The van der Waals surface area contributed by atoms with Gasteiger partial charge in [-0.05, 0) is 61.9 Å². The summed E-state index contributed by atoms with van der Waals surface area (Å²) in [6.07, 6.45) is 3.81. The van der Waals surface area contributed by atoms with Crippen molar-refractivity contribution in [2.75, 3.05) is 37.7 Å². The van der Waals surface area contributed by atoms with Crippen LogP contribution in [0, 0.1) is 11.6 Å². The molecule has 4 aliphatic rings. The van der Waals surface area contributed by atoms with Crippen molar-refractivity contribution in [1.29, 1.82) is 0 Å². The zero-order chi connectivity index (χ0) is 28.7. The molecule has 2 N–H and O–H groups in total. The summed E-state index contributed by atoms with van der Waals surface area (Å²) >= 11 is 0. The Kier molecular flexibility index (Phi) is 5.92. The second kappa shape index (κ2) is 9.50. The SMILES string of the molecule is Cn1c(-c2cc(O)cc3ccc(F)c(F)c23)cc2c(N3CC4CCC(C3)N4)nc(OC[C@@]34CCCN3C[C@H](F)C4)cc21. The van der Waals surface area contributed by atoms with Crippen LogP contribution in [0.15, 0.2) is 36.4 Å². The number of ether oxygens (including phenoxy) is 1. The fourth-order valence-electron chi connectivity index (χ4n) is 8.07. The number of anilines is 1. The molecule has 4 aliphatic heterocycles. The minimum atomic E-state index is -0.947. The van der Waals surface area contributed by atoms with Gasteiger partial charge in [0.15, 0.2) is 11.6 Å². The molecule has 2 unspecified atom stereocenters. The summed E-state index contributed by atoms with van der Waals surface area (Å²) in [6, 6.07) is 10.1. The number of hydrogen-bond acceptors (Lipinski definition) is 6. The third kappa shape index (κ3) is 4.06. The number of fused-ring (bicyclic) bond motifs is 5. The summed E-state index contributed by atoms with van der Waals surface area (Å²) in [5.41, 5.74) is 1.56.